The van der Waals surface area contributed by atoms with Crippen molar-refractivity contribution in [3.05, 3.63) is 34.9 Å². The van der Waals surface area contributed by atoms with E-state index in [2.05, 4.69) is 0 Å². The summed E-state index contributed by atoms with van der Waals surface area (Å²) < 4.78 is 0. The average molecular weight is 314 g/mol. The van der Waals surface area contributed by atoms with Crippen LogP contribution in [-0.2, 0) is 27.3 Å². The Hall–Kier alpha value is -2.43. The van der Waals surface area contributed by atoms with Crippen LogP contribution in [0.3, 0.4) is 0 Å². The number of hydrazine groups is 1. The minimum Gasteiger partial charge on any atom is -0.396 e. The van der Waals surface area contributed by atoms with E-state index in [1.54, 1.807) is 6.07 Å². The zero-order chi connectivity index (χ0) is 16.4. The van der Waals surface area contributed by atoms with Crippen LogP contribution in [0.5, 0.6) is 0 Å². The number of aryl methyl sites for hydroxylation is 1. The molecule has 0 radical (unpaired) electrons. The van der Waals surface area contributed by atoms with Crippen molar-refractivity contribution in [3.63, 3.8) is 0 Å². The van der Waals surface area contributed by atoms with E-state index in [-0.39, 0.29) is 24.1 Å². The molecule has 1 aromatic carbocycles. The molecule has 2 amide bonds. The van der Waals surface area contributed by atoms with Crippen LogP contribution in [0, 0.1) is 0 Å². The van der Waals surface area contributed by atoms with Crippen molar-refractivity contribution >= 4 is 23.5 Å². The lowest BCUT2D eigenvalue weighted by Crippen LogP contribution is -2.49. The predicted molar refractivity (Wildman–Crippen MR) is 82.2 cm³/mol. The molecule has 1 fully saturated rings. The highest BCUT2D eigenvalue weighted by Crippen LogP contribution is 2.36. The zero-order valence-corrected chi connectivity index (χ0v) is 12.7. The maximum absolute atomic E-state index is 12.1. The van der Waals surface area contributed by atoms with Crippen molar-refractivity contribution in [1.29, 1.82) is 0 Å². The molecule has 23 heavy (non-hydrogen) atoms. The van der Waals surface area contributed by atoms with Gasteiger partial charge in [-0.15, -0.1) is 0 Å². The monoisotopic (exact) mass is 314 g/mol. The Balaban J connectivity index is 1.98. The number of aliphatic hydroxyl groups is 1. The number of fused-ring (bicyclic) bond motifs is 1. The SMILES string of the molecule is O=C=C1c2cccc(CCCO)c2CN1N1C(=O)CCCC1=O. The molecule has 0 bridgehead atoms. The molecule has 6 heteroatoms. The fraction of sp³-hybridized carbons (Fsp3) is 0.412. The lowest BCUT2D eigenvalue weighted by molar-refractivity contribution is -0.162. The number of nitrogens with zero attached hydrogens (tertiary/aromatic N) is 2. The van der Waals surface area contributed by atoms with Gasteiger partial charge in [0.25, 0.3) is 0 Å². The third-order valence-electron chi connectivity index (χ3n) is 4.29. The van der Waals surface area contributed by atoms with Gasteiger partial charge in [-0.05, 0) is 30.4 Å². The van der Waals surface area contributed by atoms with Crippen LogP contribution in [0.2, 0.25) is 0 Å². The van der Waals surface area contributed by atoms with Gasteiger partial charge in [-0.1, -0.05) is 18.2 Å². The Bertz CT molecular complexity index is 691. The van der Waals surface area contributed by atoms with Crippen LogP contribution in [0.15, 0.2) is 18.2 Å². The van der Waals surface area contributed by atoms with Gasteiger partial charge in [-0.25, -0.2) is 4.79 Å². The molecular formula is C17H18N2O4. The second kappa shape index (κ2) is 6.36. The molecule has 0 saturated carbocycles. The van der Waals surface area contributed by atoms with Gasteiger partial charge in [0.2, 0.25) is 11.8 Å². The Morgan fingerprint density at radius 3 is 2.57 bits per heavy atom. The van der Waals surface area contributed by atoms with Crippen LogP contribution >= 0.6 is 0 Å². The number of piperidine rings is 1. The molecule has 0 spiro atoms. The van der Waals surface area contributed by atoms with Crippen molar-refractivity contribution in [2.75, 3.05) is 6.61 Å². The van der Waals surface area contributed by atoms with Crippen molar-refractivity contribution in [2.45, 2.75) is 38.6 Å². The third-order valence-corrected chi connectivity index (χ3v) is 4.29. The highest BCUT2D eigenvalue weighted by molar-refractivity contribution is 6.00. The number of imide groups is 1. The average Bonchev–Trinajstić information content (AvgIpc) is 2.91. The highest BCUT2D eigenvalue weighted by atomic mass is 16.3. The Labute approximate surface area is 134 Å². The molecule has 2 aliphatic rings. The summed E-state index contributed by atoms with van der Waals surface area (Å²) in [6.45, 7) is 0.395. The Kier molecular flexibility index (Phi) is 4.28. The molecule has 2 aliphatic heterocycles. The smallest absolute Gasteiger partial charge is 0.248 e. The Morgan fingerprint density at radius 2 is 1.91 bits per heavy atom. The fourth-order valence-electron chi connectivity index (χ4n) is 3.20. The number of hydrogen-bond acceptors (Lipinski definition) is 5. The summed E-state index contributed by atoms with van der Waals surface area (Å²) in [6.07, 6.45) is 2.47. The number of benzene rings is 1. The first-order valence-corrected chi connectivity index (χ1v) is 7.77. The van der Waals surface area contributed by atoms with Gasteiger partial charge >= 0.3 is 0 Å². The van der Waals surface area contributed by atoms with Gasteiger partial charge in [0.05, 0.1) is 6.54 Å². The molecule has 0 unspecified atom stereocenters. The molecule has 1 aromatic rings. The summed E-state index contributed by atoms with van der Waals surface area (Å²) >= 11 is 0. The number of hydrogen-bond donors (Lipinski definition) is 1. The second-order valence-electron chi connectivity index (χ2n) is 5.73. The lowest BCUT2D eigenvalue weighted by atomic mass is 9.99. The maximum atomic E-state index is 12.1. The van der Waals surface area contributed by atoms with Crippen LogP contribution in [0.25, 0.3) is 5.70 Å². The molecule has 3 rings (SSSR count). The maximum Gasteiger partial charge on any atom is 0.248 e. The van der Waals surface area contributed by atoms with Crippen LogP contribution in [0.1, 0.15) is 42.4 Å². The normalized spacial score (nSPS) is 17.5. The first-order valence-electron chi connectivity index (χ1n) is 7.77. The van der Waals surface area contributed by atoms with E-state index in [1.165, 1.54) is 5.01 Å². The number of amides is 2. The van der Waals surface area contributed by atoms with Crippen LogP contribution < -0.4 is 0 Å². The van der Waals surface area contributed by atoms with E-state index in [0.29, 0.717) is 44.2 Å². The zero-order valence-electron chi connectivity index (χ0n) is 12.7. The molecule has 1 saturated heterocycles. The van der Waals surface area contributed by atoms with E-state index < -0.39 is 0 Å². The predicted octanol–water partition coefficient (Wildman–Crippen LogP) is 1.05. The molecular weight excluding hydrogens is 296 g/mol. The standard InChI is InChI=1S/C17H18N2O4/c20-9-3-5-12-4-1-6-13-14(12)10-18(15(13)11-21)19-16(22)7-2-8-17(19)23/h1,4,6,20H,2-3,5,7-10H2. The first-order chi connectivity index (χ1) is 11.2. The minimum atomic E-state index is -0.279. The molecule has 120 valence electrons. The molecule has 0 aromatic heterocycles. The molecule has 0 atom stereocenters. The number of carbonyl (C=O) groups is 2. The Morgan fingerprint density at radius 1 is 1.17 bits per heavy atom. The number of aliphatic hydroxyl groups excluding tert-OH is 1. The van der Waals surface area contributed by atoms with E-state index >= 15 is 0 Å². The van der Waals surface area contributed by atoms with Crippen LogP contribution in [0.4, 0.5) is 0 Å². The van der Waals surface area contributed by atoms with E-state index in [1.807, 2.05) is 18.1 Å². The summed E-state index contributed by atoms with van der Waals surface area (Å²) in [5, 5.41) is 11.6. The van der Waals surface area contributed by atoms with Gasteiger partial charge in [0.15, 0.2) is 5.94 Å². The van der Waals surface area contributed by atoms with Gasteiger partial charge in [-0.3, -0.25) is 14.6 Å². The summed E-state index contributed by atoms with van der Waals surface area (Å²) in [6, 6.07) is 5.59. The van der Waals surface area contributed by atoms with Gasteiger partial charge in [0.1, 0.15) is 5.70 Å². The second-order valence-corrected chi connectivity index (χ2v) is 5.73. The summed E-state index contributed by atoms with van der Waals surface area (Å²) in [5.74, 6) is 1.33. The number of rotatable bonds is 4. The first kappa shape index (κ1) is 15.5. The molecule has 1 N–H and O–H groups in total. The number of carbonyl (C=O) groups excluding carboxylic acids is 3. The van der Waals surface area contributed by atoms with E-state index in [4.69, 9.17) is 5.11 Å². The lowest BCUT2D eigenvalue weighted by Gasteiger charge is -2.33. The van der Waals surface area contributed by atoms with Crippen molar-refractivity contribution in [1.82, 2.24) is 10.0 Å². The summed E-state index contributed by atoms with van der Waals surface area (Å²) in [5.41, 5.74) is 2.88. The largest absolute Gasteiger partial charge is 0.396 e. The molecule has 6 nitrogen and oxygen atoms in total. The fourth-order valence-corrected chi connectivity index (χ4v) is 3.20. The third kappa shape index (κ3) is 2.67. The highest BCUT2D eigenvalue weighted by Gasteiger charge is 2.38. The van der Waals surface area contributed by atoms with Gasteiger partial charge < -0.3 is 5.11 Å². The van der Waals surface area contributed by atoms with Crippen LogP contribution in [-0.4, -0.2) is 39.5 Å². The van der Waals surface area contributed by atoms with Crippen molar-refractivity contribution in [3.8, 4) is 0 Å². The van der Waals surface area contributed by atoms with Gasteiger partial charge in [0, 0.05) is 25.0 Å². The topological polar surface area (TPSA) is 77.9 Å². The van der Waals surface area contributed by atoms with E-state index in [0.717, 1.165) is 16.1 Å². The van der Waals surface area contributed by atoms with Crippen molar-refractivity contribution < 1.29 is 19.5 Å². The summed E-state index contributed by atoms with van der Waals surface area (Å²) in [7, 11) is 0. The van der Waals surface area contributed by atoms with Gasteiger partial charge in [-0.2, -0.15) is 5.01 Å². The quantitative estimate of drug-likeness (QED) is 0.664. The van der Waals surface area contributed by atoms with Crippen molar-refractivity contribution in [2.24, 2.45) is 0 Å². The minimum absolute atomic E-state index is 0.0901. The summed E-state index contributed by atoms with van der Waals surface area (Å²) in [4.78, 5) is 35.8. The molecule has 2 heterocycles. The molecule has 0 aliphatic carbocycles. The van der Waals surface area contributed by atoms with E-state index in [9.17, 15) is 14.4 Å².